The van der Waals surface area contributed by atoms with Gasteiger partial charge in [0, 0.05) is 31.0 Å². The monoisotopic (exact) mass is 264 g/mol. The van der Waals surface area contributed by atoms with Gasteiger partial charge in [-0.15, -0.1) is 0 Å². The smallest absolute Gasteiger partial charge is 0.273 e. The Morgan fingerprint density at radius 1 is 1.42 bits per heavy atom. The lowest BCUT2D eigenvalue weighted by Crippen LogP contribution is -2.68. The molecule has 0 radical (unpaired) electrons. The number of nitrogens with two attached hydrogens (primary N) is 1. The Bertz CT molecular complexity index is 503. The third-order valence-electron chi connectivity index (χ3n) is 4.53. The topological polar surface area (TPSA) is 90.1 Å². The first-order valence-electron chi connectivity index (χ1n) is 6.24. The van der Waals surface area contributed by atoms with Crippen LogP contribution in [0.15, 0.2) is 12.4 Å². The summed E-state index contributed by atoms with van der Waals surface area (Å²) < 4.78 is 5.53. The fourth-order valence-corrected chi connectivity index (χ4v) is 2.47. The maximum Gasteiger partial charge on any atom is 0.273 e. The molecule has 1 amide bonds. The Hall–Kier alpha value is -1.69. The maximum atomic E-state index is 12.1. The van der Waals surface area contributed by atoms with Crippen LogP contribution in [0.25, 0.3) is 0 Å². The van der Waals surface area contributed by atoms with Gasteiger partial charge in [-0.25, -0.2) is 9.97 Å². The van der Waals surface area contributed by atoms with Crippen molar-refractivity contribution in [3.05, 3.63) is 18.1 Å². The summed E-state index contributed by atoms with van der Waals surface area (Å²) in [6.45, 7) is 6.20. The SMILES string of the molecule is COC1(C)CC(NC(=O)c2nccnc2N)C1(C)C. The molecule has 0 aromatic carbocycles. The number of anilines is 1. The van der Waals surface area contributed by atoms with Gasteiger partial charge in [0.25, 0.3) is 5.91 Å². The van der Waals surface area contributed by atoms with Crippen molar-refractivity contribution in [2.45, 2.75) is 38.8 Å². The van der Waals surface area contributed by atoms with Crippen molar-refractivity contribution in [2.24, 2.45) is 5.41 Å². The first-order chi connectivity index (χ1) is 8.82. The highest BCUT2D eigenvalue weighted by Gasteiger charge is 2.58. The van der Waals surface area contributed by atoms with E-state index in [0.717, 1.165) is 6.42 Å². The summed E-state index contributed by atoms with van der Waals surface area (Å²) in [5.74, 6) is -0.145. The molecule has 0 saturated heterocycles. The first-order valence-corrected chi connectivity index (χ1v) is 6.24. The second-order valence-corrected chi connectivity index (χ2v) is 5.68. The minimum Gasteiger partial charge on any atom is -0.382 e. The summed E-state index contributed by atoms with van der Waals surface area (Å²) in [6, 6.07) is 0.0337. The Balaban J connectivity index is 2.09. The molecular formula is C13H20N4O2. The quantitative estimate of drug-likeness (QED) is 0.849. The van der Waals surface area contributed by atoms with Crippen LogP contribution in [0.2, 0.25) is 0 Å². The number of carbonyl (C=O) groups is 1. The van der Waals surface area contributed by atoms with Crippen molar-refractivity contribution in [2.75, 3.05) is 12.8 Å². The molecule has 0 bridgehead atoms. The Morgan fingerprint density at radius 3 is 2.58 bits per heavy atom. The van der Waals surface area contributed by atoms with E-state index in [1.807, 2.05) is 6.92 Å². The highest BCUT2D eigenvalue weighted by molar-refractivity contribution is 5.96. The summed E-state index contributed by atoms with van der Waals surface area (Å²) >= 11 is 0. The number of rotatable bonds is 3. The Kier molecular flexibility index (Phi) is 3.22. The Labute approximate surface area is 112 Å². The number of nitrogens with one attached hydrogen (secondary N) is 1. The zero-order valence-electron chi connectivity index (χ0n) is 11.7. The van der Waals surface area contributed by atoms with Crippen LogP contribution in [0, 0.1) is 5.41 Å². The van der Waals surface area contributed by atoms with Gasteiger partial charge in [0.15, 0.2) is 11.5 Å². The van der Waals surface area contributed by atoms with Crippen LogP contribution >= 0.6 is 0 Å². The van der Waals surface area contributed by atoms with E-state index in [9.17, 15) is 4.79 Å². The average molecular weight is 264 g/mol. The fraction of sp³-hybridized carbons (Fsp3) is 0.615. The molecule has 1 fully saturated rings. The zero-order chi connectivity index (χ0) is 14.3. The third kappa shape index (κ3) is 2.06. The average Bonchev–Trinajstić information content (AvgIpc) is 2.38. The molecule has 1 aliphatic carbocycles. The first kappa shape index (κ1) is 13.7. The van der Waals surface area contributed by atoms with Gasteiger partial charge in [-0.05, 0) is 13.3 Å². The molecule has 1 aromatic rings. The molecule has 1 aliphatic rings. The van der Waals surface area contributed by atoms with Crippen LogP contribution in [0.1, 0.15) is 37.7 Å². The van der Waals surface area contributed by atoms with E-state index in [-0.39, 0.29) is 34.5 Å². The molecule has 1 aromatic heterocycles. The third-order valence-corrected chi connectivity index (χ3v) is 4.53. The predicted octanol–water partition coefficient (Wildman–Crippen LogP) is 0.992. The minimum atomic E-state index is -0.290. The molecule has 0 aliphatic heterocycles. The van der Waals surface area contributed by atoms with E-state index in [1.54, 1.807) is 7.11 Å². The standard InChI is InChI=1S/C13H20N4O2/c1-12(2)8(7-13(12,3)19-4)17-11(18)9-10(14)16-6-5-15-9/h5-6,8H,7H2,1-4H3,(H2,14,16)(H,17,18). The normalized spacial score (nSPS) is 28.5. The number of carbonyl (C=O) groups excluding carboxylic acids is 1. The van der Waals surface area contributed by atoms with Crippen LogP contribution in [-0.2, 0) is 4.74 Å². The van der Waals surface area contributed by atoms with E-state index in [2.05, 4.69) is 29.1 Å². The number of aromatic nitrogens is 2. The van der Waals surface area contributed by atoms with Crippen molar-refractivity contribution in [1.82, 2.24) is 15.3 Å². The van der Waals surface area contributed by atoms with Gasteiger partial charge < -0.3 is 15.8 Å². The number of amides is 1. The molecule has 3 N–H and O–H groups in total. The molecule has 6 heteroatoms. The fourth-order valence-electron chi connectivity index (χ4n) is 2.47. The highest BCUT2D eigenvalue weighted by Crippen LogP contribution is 2.51. The summed E-state index contributed by atoms with van der Waals surface area (Å²) in [4.78, 5) is 19.9. The molecule has 1 saturated carbocycles. The van der Waals surface area contributed by atoms with Crippen LogP contribution in [-0.4, -0.2) is 34.6 Å². The Morgan fingerprint density at radius 2 is 2.05 bits per heavy atom. The van der Waals surface area contributed by atoms with E-state index in [1.165, 1.54) is 12.4 Å². The number of methoxy groups -OCH3 is 1. The van der Waals surface area contributed by atoms with Crippen molar-refractivity contribution < 1.29 is 9.53 Å². The number of ether oxygens (including phenoxy) is 1. The van der Waals surface area contributed by atoms with Gasteiger partial charge in [0.05, 0.1) is 5.60 Å². The van der Waals surface area contributed by atoms with Crippen molar-refractivity contribution in [3.63, 3.8) is 0 Å². The van der Waals surface area contributed by atoms with E-state index < -0.39 is 0 Å². The van der Waals surface area contributed by atoms with Gasteiger partial charge in [-0.2, -0.15) is 0 Å². The summed E-state index contributed by atoms with van der Waals surface area (Å²) in [5, 5.41) is 2.95. The molecule has 104 valence electrons. The molecule has 0 spiro atoms. The van der Waals surface area contributed by atoms with Crippen LogP contribution < -0.4 is 11.1 Å². The van der Waals surface area contributed by atoms with Gasteiger partial charge in [-0.1, -0.05) is 13.8 Å². The summed E-state index contributed by atoms with van der Waals surface area (Å²) in [5.41, 5.74) is 5.45. The molecular weight excluding hydrogens is 244 g/mol. The number of nitrogen functional groups attached to an aromatic ring is 1. The molecule has 1 heterocycles. The lowest BCUT2D eigenvalue weighted by molar-refractivity contribution is -0.177. The minimum absolute atomic E-state index is 0.0337. The lowest BCUT2D eigenvalue weighted by atomic mass is 9.56. The lowest BCUT2D eigenvalue weighted by Gasteiger charge is -2.59. The second-order valence-electron chi connectivity index (χ2n) is 5.68. The molecule has 19 heavy (non-hydrogen) atoms. The molecule has 2 atom stereocenters. The van der Waals surface area contributed by atoms with Crippen LogP contribution in [0.4, 0.5) is 5.82 Å². The van der Waals surface area contributed by atoms with Gasteiger partial charge in [-0.3, -0.25) is 4.79 Å². The van der Waals surface area contributed by atoms with Crippen molar-refractivity contribution in [3.8, 4) is 0 Å². The summed E-state index contributed by atoms with van der Waals surface area (Å²) in [6.07, 6.45) is 3.68. The zero-order valence-corrected chi connectivity index (χ0v) is 11.7. The van der Waals surface area contributed by atoms with E-state index >= 15 is 0 Å². The molecule has 2 rings (SSSR count). The number of nitrogens with zero attached hydrogens (tertiary/aromatic N) is 2. The predicted molar refractivity (Wildman–Crippen MR) is 71.5 cm³/mol. The van der Waals surface area contributed by atoms with Crippen LogP contribution in [0.3, 0.4) is 0 Å². The molecule has 6 nitrogen and oxygen atoms in total. The second kappa shape index (κ2) is 4.45. The highest BCUT2D eigenvalue weighted by atomic mass is 16.5. The summed E-state index contributed by atoms with van der Waals surface area (Å²) in [7, 11) is 1.69. The maximum absolute atomic E-state index is 12.1. The van der Waals surface area contributed by atoms with E-state index in [0.29, 0.717) is 0 Å². The van der Waals surface area contributed by atoms with Crippen LogP contribution in [0.5, 0.6) is 0 Å². The number of hydrogen-bond acceptors (Lipinski definition) is 5. The number of hydrogen-bond donors (Lipinski definition) is 2. The van der Waals surface area contributed by atoms with Gasteiger partial charge in [0.1, 0.15) is 0 Å². The van der Waals surface area contributed by atoms with E-state index in [4.69, 9.17) is 10.5 Å². The molecule has 2 unspecified atom stereocenters. The van der Waals surface area contributed by atoms with Crippen molar-refractivity contribution >= 4 is 11.7 Å². The largest absolute Gasteiger partial charge is 0.382 e. The van der Waals surface area contributed by atoms with Crippen molar-refractivity contribution in [1.29, 1.82) is 0 Å². The van der Waals surface area contributed by atoms with Gasteiger partial charge in [0.2, 0.25) is 0 Å². The van der Waals surface area contributed by atoms with Gasteiger partial charge >= 0.3 is 0 Å².